The highest BCUT2D eigenvalue weighted by Crippen LogP contribution is 2.35. The van der Waals surface area contributed by atoms with Gasteiger partial charge in [0.1, 0.15) is 0 Å². The van der Waals surface area contributed by atoms with Crippen molar-refractivity contribution in [3.63, 3.8) is 0 Å². The molecule has 1 aromatic heterocycles. The van der Waals surface area contributed by atoms with Gasteiger partial charge in [-0.15, -0.1) is 0 Å². The normalized spacial score (nSPS) is 15.4. The molecule has 2 aromatic rings. The van der Waals surface area contributed by atoms with Crippen molar-refractivity contribution >= 4 is 11.0 Å². The van der Waals surface area contributed by atoms with Crippen LogP contribution in [0.2, 0.25) is 0 Å². The quantitative estimate of drug-likeness (QED) is 0.791. The zero-order valence-electron chi connectivity index (χ0n) is 10.5. The molecule has 4 nitrogen and oxygen atoms in total. The highest BCUT2D eigenvalue weighted by molar-refractivity contribution is 5.76. The summed E-state index contributed by atoms with van der Waals surface area (Å²) >= 11 is 0. The van der Waals surface area contributed by atoms with E-state index in [0.717, 1.165) is 49.7 Å². The van der Waals surface area contributed by atoms with Crippen molar-refractivity contribution in [1.29, 1.82) is 0 Å². The fraction of sp³-hybridized carbons (Fsp3) is 0.500. The Bertz CT molecular complexity index is 607. The van der Waals surface area contributed by atoms with E-state index < -0.39 is 0 Å². The van der Waals surface area contributed by atoms with Gasteiger partial charge < -0.3 is 10.7 Å². The Morgan fingerprint density at radius 1 is 1.33 bits per heavy atom. The summed E-state index contributed by atoms with van der Waals surface area (Å²) in [6.45, 7) is 0.747. The molecule has 4 heteroatoms. The van der Waals surface area contributed by atoms with E-state index in [2.05, 4.69) is 23.2 Å². The number of hydrogen-bond acceptors (Lipinski definition) is 2. The molecule has 3 rings (SSSR count). The minimum Gasteiger partial charge on any atom is -0.330 e. The Hall–Kier alpha value is -1.55. The van der Waals surface area contributed by atoms with Crippen LogP contribution in [0.5, 0.6) is 0 Å². The Morgan fingerprint density at radius 3 is 2.89 bits per heavy atom. The van der Waals surface area contributed by atoms with Gasteiger partial charge in [0.25, 0.3) is 0 Å². The summed E-state index contributed by atoms with van der Waals surface area (Å²) in [6.07, 6.45) is 5.45. The van der Waals surface area contributed by atoms with Gasteiger partial charge in [-0.2, -0.15) is 0 Å². The fourth-order valence-corrected chi connectivity index (χ4v) is 2.50. The van der Waals surface area contributed by atoms with E-state index in [9.17, 15) is 4.79 Å². The van der Waals surface area contributed by atoms with Crippen LogP contribution in [0.4, 0.5) is 0 Å². The number of nitrogens with one attached hydrogen (secondary N) is 1. The Morgan fingerprint density at radius 2 is 2.17 bits per heavy atom. The third kappa shape index (κ3) is 2.08. The van der Waals surface area contributed by atoms with Crippen LogP contribution in [0.15, 0.2) is 23.0 Å². The number of rotatable bonds is 5. The van der Waals surface area contributed by atoms with Gasteiger partial charge in [-0.25, -0.2) is 4.79 Å². The molecular formula is C14H19N3O. The van der Waals surface area contributed by atoms with E-state index in [4.69, 9.17) is 5.73 Å². The van der Waals surface area contributed by atoms with Gasteiger partial charge in [-0.05, 0) is 56.3 Å². The van der Waals surface area contributed by atoms with Gasteiger partial charge in [-0.1, -0.05) is 6.07 Å². The second-order valence-electron chi connectivity index (χ2n) is 5.13. The summed E-state index contributed by atoms with van der Waals surface area (Å²) in [4.78, 5) is 14.8. The van der Waals surface area contributed by atoms with E-state index in [-0.39, 0.29) is 5.69 Å². The summed E-state index contributed by atoms with van der Waals surface area (Å²) in [6, 6.07) is 6.73. The zero-order valence-corrected chi connectivity index (χ0v) is 10.5. The highest BCUT2D eigenvalue weighted by Gasteiger charge is 2.26. The lowest BCUT2D eigenvalue weighted by Gasteiger charge is -2.03. The smallest absolute Gasteiger partial charge is 0.326 e. The largest absolute Gasteiger partial charge is 0.330 e. The van der Waals surface area contributed by atoms with Crippen LogP contribution in [0, 0.1) is 0 Å². The average molecular weight is 245 g/mol. The number of nitrogens with two attached hydrogens (primary N) is 1. The summed E-state index contributed by atoms with van der Waals surface area (Å²) in [7, 11) is 0. The predicted octanol–water partition coefficient (Wildman–Crippen LogP) is 1.95. The Labute approximate surface area is 106 Å². The molecule has 0 radical (unpaired) electrons. The van der Waals surface area contributed by atoms with Crippen LogP contribution in [0.3, 0.4) is 0 Å². The van der Waals surface area contributed by atoms with Crippen molar-refractivity contribution in [2.45, 2.75) is 38.1 Å². The number of benzene rings is 1. The molecule has 0 atom stereocenters. The van der Waals surface area contributed by atoms with Gasteiger partial charge in [-0.3, -0.25) is 4.57 Å². The first-order valence-electron chi connectivity index (χ1n) is 6.73. The molecule has 1 aromatic carbocycles. The first kappa shape index (κ1) is 11.5. The first-order valence-corrected chi connectivity index (χ1v) is 6.73. The van der Waals surface area contributed by atoms with Crippen LogP contribution in [-0.4, -0.2) is 16.1 Å². The lowest BCUT2D eigenvalue weighted by molar-refractivity contribution is 0.733. The number of unbranched alkanes of at least 4 members (excludes halogenated alkanes) is 1. The molecule has 1 saturated carbocycles. The van der Waals surface area contributed by atoms with Crippen molar-refractivity contribution in [3.05, 3.63) is 34.2 Å². The lowest BCUT2D eigenvalue weighted by atomic mass is 10.1. The van der Waals surface area contributed by atoms with Gasteiger partial charge in [0.15, 0.2) is 0 Å². The maximum atomic E-state index is 11.9. The number of aromatic amines is 1. The molecule has 0 bridgehead atoms. The minimum atomic E-state index is 0.0339. The van der Waals surface area contributed by atoms with E-state index in [1.165, 1.54) is 5.56 Å². The van der Waals surface area contributed by atoms with Crippen LogP contribution in [-0.2, 0) is 6.42 Å². The Balaban J connectivity index is 1.91. The van der Waals surface area contributed by atoms with Gasteiger partial charge >= 0.3 is 5.69 Å². The van der Waals surface area contributed by atoms with E-state index in [1.807, 2.05) is 4.57 Å². The average Bonchev–Trinajstić information content (AvgIpc) is 3.12. The fourth-order valence-electron chi connectivity index (χ4n) is 2.50. The Kier molecular flexibility index (Phi) is 2.96. The van der Waals surface area contributed by atoms with Crippen molar-refractivity contribution in [2.75, 3.05) is 6.54 Å². The van der Waals surface area contributed by atoms with Gasteiger partial charge in [0.05, 0.1) is 11.0 Å². The second-order valence-corrected chi connectivity index (χ2v) is 5.13. The van der Waals surface area contributed by atoms with Crippen LogP contribution in [0.25, 0.3) is 11.0 Å². The lowest BCUT2D eigenvalue weighted by Crippen LogP contribution is -2.14. The van der Waals surface area contributed by atoms with Crippen LogP contribution >= 0.6 is 0 Å². The SMILES string of the molecule is NCCCCc1ccc2c(c1)[nH]c(=O)n2C1CC1. The molecule has 0 unspecified atom stereocenters. The summed E-state index contributed by atoms with van der Waals surface area (Å²) in [5.74, 6) is 0. The molecule has 0 spiro atoms. The number of nitrogens with zero attached hydrogens (tertiary/aromatic N) is 1. The maximum absolute atomic E-state index is 11.9. The molecule has 96 valence electrons. The number of fused-ring (bicyclic) bond motifs is 1. The van der Waals surface area contributed by atoms with Crippen LogP contribution < -0.4 is 11.4 Å². The molecule has 0 aliphatic heterocycles. The molecule has 1 aliphatic rings. The van der Waals surface area contributed by atoms with Gasteiger partial charge in [0, 0.05) is 6.04 Å². The van der Waals surface area contributed by atoms with Crippen LogP contribution in [0.1, 0.15) is 37.3 Å². The molecule has 0 saturated heterocycles. The molecular weight excluding hydrogens is 226 g/mol. The molecule has 0 amide bonds. The van der Waals surface area contributed by atoms with Crippen molar-refractivity contribution < 1.29 is 0 Å². The highest BCUT2D eigenvalue weighted by atomic mass is 16.1. The molecule has 3 N–H and O–H groups in total. The monoisotopic (exact) mass is 245 g/mol. The first-order chi connectivity index (χ1) is 8.79. The van der Waals surface area contributed by atoms with E-state index >= 15 is 0 Å². The molecule has 1 aliphatic carbocycles. The van der Waals surface area contributed by atoms with Crippen molar-refractivity contribution in [3.8, 4) is 0 Å². The molecule has 18 heavy (non-hydrogen) atoms. The van der Waals surface area contributed by atoms with Gasteiger partial charge in [0.2, 0.25) is 0 Å². The predicted molar refractivity (Wildman–Crippen MR) is 72.8 cm³/mol. The third-order valence-corrected chi connectivity index (χ3v) is 3.61. The number of aromatic nitrogens is 2. The number of imidazole rings is 1. The second kappa shape index (κ2) is 4.61. The molecule has 1 fully saturated rings. The topological polar surface area (TPSA) is 63.8 Å². The third-order valence-electron chi connectivity index (χ3n) is 3.61. The number of H-pyrrole nitrogens is 1. The van der Waals surface area contributed by atoms with Crippen molar-refractivity contribution in [1.82, 2.24) is 9.55 Å². The standard InChI is InChI=1S/C14H19N3O/c15-8-2-1-3-10-4-7-13-12(9-10)16-14(18)17(13)11-5-6-11/h4,7,9,11H,1-3,5-6,8,15H2,(H,16,18). The van der Waals surface area contributed by atoms with E-state index in [0.29, 0.717) is 6.04 Å². The summed E-state index contributed by atoms with van der Waals surface area (Å²) < 4.78 is 1.90. The minimum absolute atomic E-state index is 0.0339. The molecule has 1 heterocycles. The van der Waals surface area contributed by atoms with Crippen molar-refractivity contribution in [2.24, 2.45) is 5.73 Å². The number of aryl methyl sites for hydroxylation is 1. The summed E-state index contributed by atoms with van der Waals surface area (Å²) in [5.41, 5.74) is 8.82. The zero-order chi connectivity index (χ0) is 12.5. The number of hydrogen-bond donors (Lipinski definition) is 2. The summed E-state index contributed by atoms with van der Waals surface area (Å²) in [5, 5.41) is 0. The maximum Gasteiger partial charge on any atom is 0.326 e. The van der Waals surface area contributed by atoms with E-state index in [1.54, 1.807) is 0 Å².